The summed E-state index contributed by atoms with van der Waals surface area (Å²) in [6.45, 7) is 0. The van der Waals surface area contributed by atoms with E-state index in [1.54, 1.807) is 6.07 Å². The first-order valence-corrected chi connectivity index (χ1v) is 6.83. The van der Waals surface area contributed by atoms with Gasteiger partial charge in [0.25, 0.3) is 0 Å². The number of allylic oxidation sites excluding steroid dienone is 2. The number of carbonyl (C=O) groups is 1. The van der Waals surface area contributed by atoms with Crippen molar-refractivity contribution in [1.82, 2.24) is 0 Å². The molecule has 0 aliphatic rings. The van der Waals surface area contributed by atoms with Crippen molar-refractivity contribution in [2.24, 2.45) is 0 Å². The Hall–Kier alpha value is -2.89. The van der Waals surface area contributed by atoms with E-state index in [9.17, 15) is 22.4 Å². The lowest BCUT2D eigenvalue weighted by molar-refractivity contribution is -0.137. The van der Waals surface area contributed by atoms with E-state index in [1.807, 2.05) is 0 Å². The summed E-state index contributed by atoms with van der Waals surface area (Å²) in [7, 11) is 0. The lowest BCUT2D eigenvalue weighted by Gasteiger charge is -2.11. The molecule has 0 radical (unpaired) electrons. The Balaban J connectivity index is 2.51. The quantitative estimate of drug-likeness (QED) is 0.489. The van der Waals surface area contributed by atoms with Gasteiger partial charge in [-0.3, -0.25) is 0 Å². The van der Waals surface area contributed by atoms with Gasteiger partial charge in [-0.1, -0.05) is 42.5 Å². The highest BCUT2D eigenvalue weighted by Crippen LogP contribution is 2.32. The van der Waals surface area contributed by atoms with Crippen LogP contribution in [0.5, 0.6) is 0 Å². The van der Waals surface area contributed by atoms with E-state index < -0.39 is 23.5 Å². The van der Waals surface area contributed by atoms with Gasteiger partial charge in [-0.2, -0.15) is 13.2 Å². The first-order chi connectivity index (χ1) is 11.3. The molecular weight excluding hydrogens is 324 g/mol. The zero-order valence-electron chi connectivity index (χ0n) is 12.2. The molecule has 24 heavy (non-hydrogen) atoms. The molecule has 0 saturated heterocycles. The van der Waals surface area contributed by atoms with Crippen LogP contribution in [-0.2, 0) is 11.0 Å². The van der Waals surface area contributed by atoms with Gasteiger partial charge in [-0.25, -0.2) is 9.18 Å². The number of benzene rings is 2. The maximum Gasteiger partial charge on any atom is 0.416 e. The van der Waals surface area contributed by atoms with E-state index in [1.165, 1.54) is 42.5 Å². The molecule has 0 unspecified atom stereocenters. The number of aliphatic carboxylic acids is 1. The van der Waals surface area contributed by atoms with E-state index in [-0.39, 0.29) is 11.1 Å². The molecule has 2 nitrogen and oxygen atoms in total. The second-order valence-corrected chi connectivity index (χ2v) is 4.83. The summed E-state index contributed by atoms with van der Waals surface area (Å²) in [5, 5.41) is 8.63. The Labute approximate surface area is 135 Å². The first-order valence-electron chi connectivity index (χ1n) is 6.83. The summed E-state index contributed by atoms with van der Waals surface area (Å²) < 4.78 is 52.0. The van der Waals surface area contributed by atoms with Gasteiger partial charge in [-0.05, 0) is 29.3 Å². The van der Waals surface area contributed by atoms with Crippen LogP contribution >= 0.6 is 0 Å². The molecule has 6 heteroatoms. The van der Waals surface area contributed by atoms with Crippen molar-refractivity contribution in [2.45, 2.75) is 6.18 Å². The molecule has 2 rings (SSSR count). The van der Waals surface area contributed by atoms with Gasteiger partial charge >= 0.3 is 12.1 Å². The molecule has 0 bridgehead atoms. The average Bonchev–Trinajstić information content (AvgIpc) is 2.52. The van der Waals surface area contributed by atoms with Gasteiger partial charge < -0.3 is 5.11 Å². The van der Waals surface area contributed by atoms with Gasteiger partial charge in [0, 0.05) is 11.6 Å². The van der Waals surface area contributed by atoms with Gasteiger partial charge in [0.15, 0.2) is 0 Å². The standard InChI is InChI=1S/C18H12F4O2/c19-16-6-2-1-4-15(16)14(5-3-7-17(23)24)12-8-10-13(11-9-12)18(20,21)22/h1-11H,(H,23,24). The normalized spacial score (nSPS) is 12.6. The van der Waals surface area contributed by atoms with Gasteiger partial charge in [0.05, 0.1) is 5.56 Å². The van der Waals surface area contributed by atoms with Gasteiger partial charge in [-0.15, -0.1) is 0 Å². The number of rotatable bonds is 4. The van der Waals surface area contributed by atoms with Crippen LogP contribution in [0.15, 0.2) is 66.8 Å². The highest BCUT2D eigenvalue weighted by atomic mass is 19.4. The van der Waals surface area contributed by atoms with Crippen LogP contribution in [0.25, 0.3) is 5.57 Å². The van der Waals surface area contributed by atoms with Crippen LogP contribution in [0.3, 0.4) is 0 Å². The molecule has 124 valence electrons. The van der Waals surface area contributed by atoms with Gasteiger partial charge in [0.1, 0.15) is 5.82 Å². The zero-order valence-corrected chi connectivity index (χ0v) is 12.2. The largest absolute Gasteiger partial charge is 0.478 e. The third-order valence-electron chi connectivity index (χ3n) is 3.19. The summed E-state index contributed by atoms with van der Waals surface area (Å²) >= 11 is 0. The van der Waals surface area contributed by atoms with Crippen LogP contribution < -0.4 is 0 Å². The lowest BCUT2D eigenvalue weighted by Crippen LogP contribution is -2.04. The molecule has 0 fully saturated rings. The van der Waals surface area contributed by atoms with Gasteiger partial charge in [0.2, 0.25) is 0 Å². The minimum absolute atomic E-state index is 0.160. The van der Waals surface area contributed by atoms with Crippen LogP contribution in [-0.4, -0.2) is 11.1 Å². The van der Waals surface area contributed by atoms with Crippen molar-refractivity contribution in [3.8, 4) is 0 Å². The zero-order chi connectivity index (χ0) is 17.7. The number of halogens is 4. The third kappa shape index (κ3) is 4.32. The minimum Gasteiger partial charge on any atom is -0.478 e. The second kappa shape index (κ2) is 7.12. The summed E-state index contributed by atoms with van der Waals surface area (Å²) in [6, 6.07) is 9.97. The fourth-order valence-electron chi connectivity index (χ4n) is 2.09. The fraction of sp³-hybridized carbons (Fsp3) is 0.0556. The Bertz CT molecular complexity index is 787. The van der Waals surface area contributed by atoms with E-state index in [4.69, 9.17) is 5.11 Å². The predicted octanol–water partition coefficient (Wildman–Crippen LogP) is 4.92. The Kier molecular flexibility index (Phi) is 5.18. The van der Waals surface area contributed by atoms with Crippen LogP contribution in [0.2, 0.25) is 0 Å². The maximum atomic E-state index is 14.0. The van der Waals surface area contributed by atoms with Crippen molar-refractivity contribution in [3.05, 3.63) is 89.3 Å². The monoisotopic (exact) mass is 336 g/mol. The van der Waals surface area contributed by atoms with Crippen molar-refractivity contribution in [3.63, 3.8) is 0 Å². The molecule has 2 aromatic rings. The van der Waals surface area contributed by atoms with Crippen molar-refractivity contribution in [1.29, 1.82) is 0 Å². The predicted molar refractivity (Wildman–Crippen MR) is 81.7 cm³/mol. The van der Waals surface area contributed by atoms with E-state index in [2.05, 4.69) is 0 Å². The van der Waals surface area contributed by atoms with E-state index in [0.29, 0.717) is 5.56 Å². The molecule has 1 N–H and O–H groups in total. The summed E-state index contributed by atoms with van der Waals surface area (Å²) in [5.41, 5.74) is -0.0463. The molecule has 0 spiro atoms. The lowest BCUT2D eigenvalue weighted by atomic mass is 9.96. The SMILES string of the molecule is O=C(O)C=CC=C(c1ccc(C(F)(F)F)cc1)c1ccccc1F. The molecule has 0 atom stereocenters. The maximum absolute atomic E-state index is 14.0. The Morgan fingerprint density at radius 2 is 1.62 bits per heavy atom. The van der Waals surface area contributed by atoms with Crippen molar-refractivity contribution < 1.29 is 27.5 Å². The van der Waals surface area contributed by atoms with E-state index in [0.717, 1.165) is 18.2 Å². The topological polar surface area (TPSA) is 37.3 Å². The Morgan fingerprint density at radius 1 is 1.00 bits per heavy atom. The number of carboxylic acids is 1. The highest BCUT2D eigenvalue weighted by Gasteiger charge is 2.30. The number of carboxylic acid groups (broad SMARTS) is 1. The summed E-state index contributed by atoms with van der Waals surface area (Å²) in [4.78, 5) is 10.6. The molecule has 0 aliphatic carbocycles. The molecule has 2 aromatic carbocycles. The minimum atomic E-state index is -4.47. The molecular formula is C18H12F4O2. The molecule has 0 heterocycles. The molecule has 0 aromatic heterocycles. The molecule has 0 aliphatic heterocycles. The Morgan fingerprint density at radius 3 is 2.17 bits per heavy atom. The van der Waals surface area contributed by atoms with Crippen LogP contribution in [0.4, 0.5) is 17.6 Å². The molecule has 0 amide bonds. The number of alkyl halides is 3. The molecule has 0 saturated carbocycles. The highest BCUT2D eigenvalue weighted by molar-refractivity contribution is 5.84. The summed E-state index contributed by atoms with van der Waals surface area (Å²) in [6.07, 6.45) is -1.08. The first kappa shape index (κ1) is 17.5. The van der Waals surface area contributed by atoms with E-state index >= 15 is 0 Å². The smallest absolute Gasteiger partial charge is 0.416 e. The van der Waals surface area contributed by atoms with Crippen molar-refractivity contribution >= 4 is 11.5 Å². The summed E-state index contributed by atoms with van der Waals surface area (Å²) in [5.74, 6) is -1.75. The second-order valence-electron chi connectivity index (χ2n) is 4.83. The average molecular weight is 336 g/mol. The third-order valence-corrected chi connectivity index (χ3v) is 3.19. The number of hydrogen-bond acceptors (Lipinski definition) is 1. The van der Waals surface area contributed by atoms with Crippen LogP contribution in [0.1, 0.15) is 16.7 Å². The van der Waals surface area contributed by atoms with Crippen LogP contribution in [0, 0.1) is 5.82 Å². The fourth-order valence-corrected chi connectivity index (χ4v) is 2.09. The number of hydrogen-bond donors (Lipinski definition) is 1. The van der Waals surface area contributed by atoms with Crippen molar-refractivity contribution in [2.75, 3.05) is 0 Å².